The lowest BCUT2D eigenvalue weighted by molar-refractivity contribution is -0.137. The van der Waals surface area contributed by atoms with E-state index in [0.717, 1.165) is 0 Å². The number of nitrogens with one attached hydrogen (secondary N) is 1. The lowest BCUT2D eigenvalue weighted by atomic mass is 10.3. The fourth-order valence-corrected chi connectivity index (χ4v) is 4.05. The Labute approximate surface area is 130 Å². The van der Waals surface area contributed by atoms with Gasteiger partial charge in [-0.1, -0.05) is 18.2 Å². The number of para-hydroxylation sites is 1. The third-order valence-electron chi connectivity index (χ3n) is 3.00. The van der Waals surface area contributed by atoms with E-state index in [2.05, 4.69) is 5.32 Å². The summed E-state index contributed by atoms with van der Waals surface area (Å²) in [5.74, 6) is -1.92. The van der Waals surface area contributed by atoms with Crippen LogP contribution >= 0.6 is 7.92 Å². The molecule has 120 valence electrons. The lowest BCUT2D eigenvalue weighted by Gasteiger charge is -2.15. The zero-order valence-corrected chi connectivity index (χ0v) is 13.1. The molecule has 0 aliphatic carbocycles. The maximum Gasteiger partial charge on any atom is 0.303 e. The largest absolute Gasteiger partial charge is 0.481 e. The van der Waals surface area contributed by atoms with Crippen LogP contribution < -0.4 is 5.32 Å². The van der Waals surface area contributed by atoms with E-state index < -0.39 is 19.9 Å². The molecule has 0 saturated carbocycles. The number of amides is 1. The van der Waals surface area contributed by atoms with E-state index >= 15 is 0 Å². The molecule has 0 aromatic heterocycles. The molecular formula is C15H20NO5P. The number of aliphatic carboxylic acids is 2. The Kier molecular flexibility index (Phi) is 8.15. The number of carboxylic acid groups (broad SMARTS) is 2. The first kappa shape index (κ1) is 18.1. The highest BCUT2D eigenvalue weighted by molar-refractivity contribution is 7.57. The van der Waals surface area contributed by atoms with E-state index in [4.69, 9.17) is 10.2 Å². The Morgan fingerprint density at radius 1 is 0.864 bits per heavy atom. The molecule has 1 aromatic carbocycles. The van der Waals surface area contributed by atoms with Crippen LogP contribution in [-0.4, -0.2) is 46.5 Å². The highest BCUT2D eigenvalue weighted by Crippen LogP contribution is 2.37. The quantitative estimate of drug-likeness (QED) is 0.573. The molecule has 1 rings (SSSR count). The predicted molar refractivity (Wildman–Crippen MR) is 85.7 cm³/mol. The molecule has 0 atom stereocenters. The van der Waals surface area contributed by atoms with Gasteiger partial charge in [0.05, 0.1) is 0 Å². The second kappa shape index (κ2) is 9.90. The van der Waals surface area contributed by atoms with Gasteiger partial charge in [0, 0.05) is 24.9 Å². The van der Waals surface area contributed by atoms with Crippen molar-refractivity contribution >= 4 is 31.5 Å². The van der Waals surface area contributed by atoms with Gasteiger partial charge in [-0.05, 0) is 30.6 Å². The second-order valence-electron chi connectivity index (χ2n) is 4.79. The molecule has 0 bridgehead atoms. The summed E-state index contributed by atoms with van der Waals surface area (Å²) in [4.78, 5) is 33.1. The number of rotatable bonds is 10. The zero-order valence-electron chi connectivity index (χ0n) is 12.2. The van der Waals surface area contributed by atoms with Gasteiger partial charge in [-0.15, -0.1) is 7.92 Å². The molecular weight excluding hydrogens is 305 g/mol. The van der Waals surface area contributed by atoms with Gasteiger partial charge in [-0.25, -0.2) is 0 Å². The van der Waals surface area contributed by atoms with E-state index in [0.29, 0.717) is 24.2 Å². The highest BCUT2D eigenvalue weighted by Gasteiger charge is 2.14. The molecule has 1 amide bonds. The minimum atomic E-state index is -0.892. The maximum absolute atomic E-state index is 11.9. The predicted octanol–water partition coefficient (Wildman–Crippen LogP) is 2.45. The van der Waals surface area contributed by atoms with Crippen LogP contribution in [0.4, 0.5) is 5.69 Å². The molecule has 0 radical (unpaired) electrons. The maximum atomic E-state index is 11.9. The van der Waals surface area contributed by atoms with E-state index in [1.165, 1.54) is 0 Å². The number of carbonyl (C=O) groups is 3. The van der Waals surface area contributed by atoms with Crippen LogP contribution in [0.25, 0.3) is 0 Å². The zero-order chi connectivity index (χ0) is 16.4. The summed E-state index contributed by atoms with van der Waals surface area (Å²) in [5, 5.41) is 20.2. The standard InChI is InChI=1S/C15H20NO5P/c17-13(16-12-4-2-1-3-5-12)6-9-22(10-7-14(18)19)11-8-15(20)21/h1-5H,6-11H2,(H,16,17)(H,18,19)(H,20,21). The number of carbonyl (C=O) groups excluding carboxylic acids is 1. The number of anilines is 1. The van der Waals surface area contributed by atoms with Gasteiger partial charge < -0.3 is 15.5 Å². The summed E-state index contributed by atoms with van der Waals surface area (Å²) in [6.07, 6.45) is 1.78. The minimum absolute atomic E-state index is 0.0195. The summed E-state index contributed by atoms with van der Waals surface area (Å²) in [6.45, 7) is 0. The number of hydrogen-bond donors (Lipinski definition) is 3. The second-order valence-corrected chi connectivity index (χ2v) is 7.48. The topological polar surface area (TPSA) is 104 Å². The lowest BCUT2D eigenvalue weighted by Crippen LogP contribution is -2.14. The smallest absolute Gasteiger partial charge is 0.303 e. The summed E-state index contributed by atoms with van der Waals surface area (Å²) in [5.41, 5.74) is 0.716. The summed E-state index contributed by atoms with van der Waals surface area (Å²) in [7, 11) is -0.755. The molecule has 7 heteroatoms. The summed E-state index contributed by atoms with van der Waals surface area (Å²) >= 11 is 0. The van der Waals surface area contributed by atoms with Crippen molar-refractivity contribution in [2.24, 2.45) is 0 Å². The van der Waals surface area contributed by atoms with E-state index in [1.807, 2.05) is 18.2 Å². The molecule has 1 aromatic rings. The molecule has 0 heterocycles. The number of benzene rings is 1. The minimum Gasteiger partial charge on any atom is -0.481 e. The Bertz CT molecular complexity index is 488. The van der Waals surface area contributed by atoms with Crippen molar-refractivity contribution in [1.82, 2.24) is 0 Å². The van der Waals surface area contributed by atoms with Crippen LogP contribution in [-0.2, 0) is 14.4 Å². The van der Waals surface area contributed by atoms with Gasteiger partial charge in [-0.3, -0.25) is 14.4 Å². The van der Waals surface area contributed by atoms with Crippen LogP contribution in [0.15, 0.2) is 30.3 Å². The van der Waals surface area contributed by atoms with Crippen LogP contribution in [0.2, 0.25) is 0 Å². The van der Waals surface area contributed by atoms with Crippen LogP contribution in [0.5, 0.6) is 0 Å². The van der Waals surface area contributed by atoms with Crippen molar-refractivity contribution in [3.63, 3.8) is 0 Å². The molecule has 0 aliphatic rings. The van der Waals surface area contributed by atoms with Crippen molar-refractivity contribution in [2.45, 2.75) is 19.3 Å². The fourth-order valence-electron chi connectivity index (χ4n) is 1.85. The summed E-state index contributed by atoms with van der Waals surface area (Å²) in [6, 6.07) is 9.07. The number of carboxylic acids is 2. The molecule has 0 spiro atoms. The summed E-state index contributed by atoms with van der Waals surface area (Å²) < 4.78 is 0. The molecule has 6 nitrogen and oxygen atoms in total. The Balaban J connectivity index is 2.41. The molecule has 3 N–H and O–H groups in total. The fraction of sp³-hybridized carbons (Fsp3) is 0.400. The van der Waals surface area contributed by atoms with Crippen molar-refractivity contribution in [2.75, 3.05) is 23.8 Å². The van der Waals surface area contributed by atoms with Gasteiger partial charge >= 0.3 is 11.9 Å². The average molecular weight is 325 g/mol. The monoisotopic (exact) mass is 325 g/mol. The molecule has 0 fully saturated rings. The van der Waals surface area contributed by atoms with Gasteiger partial charge in [0.25, 0.3) is 0 Å². The van der Waals surface area contributed by atoms with E-state index in [-0.39, 0.29) is 25.2 Å². The van der Waals surface area contributed by atoms with Gasteiger partial charge in [0.2, 0.25) is 5.91 Å². The first-order valence-corrected chi connectivity index (χ1v) is 8.88. The first-order chi connectivity index (χ1) is 10.5. The first-order valence-electron chi connectivity index (χ1n) is 6.98. The van der Waals surface area contributed by atoms with Gasteiger partial charge in [0.15, 0.2) is 0 Å². The molecule has 0 aliphatic heterocycles. The Morgan fingerprint density at radius 3 is 1.86 bits per heavy atom. The van der Waals surface area contributed by atoms with Crippen LogP contribution in [0.1, 0.15) is 19.3 Å². The number of hydrogen-bond acceptors (Lipinski definition) is 3. The third-order valence-corrected chi connectivity index (χ3v) is 5.56. The van der Waals surface area contributed by atoms with E-state index in [1.54, 1.807) is 12.1 Å². The van der Waals surface area contributed by atoms with Crippen LogP contribution in [0, 0.1) is 0 Å². The average Bonchev–Trinajstić information content (AvgIpc) is 2.47. The van der Waals surface area contributed by atoms with Crippen molar-refractivity contribution in [3.8, 4) is 0 Å². The van der Waals surface area contributed by atoms with Crippen LogP contribution in [0.3, 0.4) is 0 Å². The van der Waals surface area contributed by atoms with Gasteiger partial charge in [0.1, 0.15) is 0 Å². The highest BCUT2D eigenvalue weighted by atomic mass is 31.1. The SMILES string of the molecule is O=C(O)CCP(CCC(=O)O)CCC(=O)Nc1ccccc1. The third kappa shape index (κ3) is 8.37. The van der Waals surface area contributed by atoms with Crippen molar-refractivity contribution in [1.29, 1.82) is 0 Å². The molecule has 0 unspecified atom stereocenters. The van der Waals surface area contributed by atoms with Gasteiger partial charge in [-0.2, -0.15) is 0 Å². The molecule has 22 heavy (non-hydrogen) atoms. The van der Waals surface area contributed by atoms with E-state index in [9.17, 15) is 14.4 Å². The Morgan fingerprint density at radius 2 is 1.36 bits per heavy atom. The molecule has 0 saturated heterocycles. The van der Waals surface area contributed by atoms with Crippen molar-refractivity contribution < 1.29 is 24.6 Å². The normalized spacial score (nSPS) is 10.4. The van der Waals surface area contributed by atoms with Crippen molar-refractivity contribution in [3.05, 3.63) is 30.3 Å². The Hall–Kier alpha value is -1.94.